The summed E-state index contributed by atoms with van der Waals surface area (Å²) in [6.45, 7) is 10.7. The van der Waals surface area contributed by atoms with Crippen LogP contribution in [-0.2, 0) is 0 Å². The zero-order valence-corrected chi connectivity index (χ0v) is 19.1. The molecular formula is C26H28N4S. The number of rotatable bonds is 7. The third-order valence-corrected chi connectivity index (χ3v) is 6.50. The molecule has 3 heterocycles. The fourth-order valence-electron chi connectivity index (χ4n) is 3.78. The molecule has 4 rings (SSSR count). The molecule has 4 nitrogen and oxygen atoms in total. The van der Waals surface area contributed by atoms with Gasteiger partial charge in [0, 0.05) is 42.0 Å². The van der Waals surface area contributed by atoms with Gasteiger partial charge in [-0.3, -0.25) is 0 Å². The molecule has 0 radical (unpaired) electrons. The minimum atomic E-state index is 0.453. The van der Waals surface area contributed by atoms with Gasteiger partial charge in [0.05, 0.1) is 4.88 Å². The summed E-state index contributed by atoms with van der Waals surface area (Å²) >= 11 is 1.69. The Morgan fingerprint density at radius 3 is 2.77 bits per heavy atom. The van der Waals surface area contributed by atoms with Gasteiger partial charge in [0.15, 0.2) is 5.13 Å². The summed E-state index contributed by atoms with van der Waals surface area (Å²) < 4.78 is 2.09. The lowest BCUT2D eigenvalue weighted by atomic mass is 10.0. The molecule has 0 atom stereocenters. The first-order chi connectivity index (χ1) is 15.1. The highest BCUT2D eigenvalue weighted by atomic mass is 32.1. The van der Waals surface area contributed by atoms with Crippen molar-refractivity contribution in [2.45, 2.75) is 39.7 Å². The summed E-state index contributed by atoms with van der Waals surface area (Å²) in [6, 6.07) is 10.9. The Hall–Kier alpha value is -3.18. The minimum Gasteiger partial charge on any atom is -0.359 e. The van der Waals surface area contributed by atoms with Crippen LogP contribution in [0.5, 0.6) is 0 Å². The fraction of sp³-hybridized carbons (Fsp3) is 0.231. The van der Waals surface area contributed by atoms with Gasteiger partial charge in [0.2, 0.25) is 0 Å². The molecule has 31 heavy (non-hydrogen) atoms. The third kappa shape index (κ3) is 4.32. The second kappa shape index (κ2) is 9.31. The Kier molecular flexibility index (Phi) is 6.33. The molecule has 0 saturated heterocycles. The van der Waals surface area contributed by atoms with Crippen LogP contribution in [0.2, 0.25) is 0 Å². The molecule has 0 spiro atoms. The van der Waals surface area contributed by atoms with Crippen LogP contribution < -0.4 is 15.8 Å². The lowest BCUT2D eigenvalue weighted by molar-refractivity contribution is 0.671. The van der Waals surface area contributed by atoms with Crippen molar-refractivity contribution < 1.29 is 0 Å². The number of imidazole rings is 1. The Labute approximate surface area is 187 Å². The van der Waals surface area contributed by atoms with E-state index in [0.717, 1.165) is 55.6 Å². The van der Waals surface area contributed by atoms with E-state index >= 15 is 0 Å². The van der Waals surface area contributed by atoms with Crippen LogP contribution in [0.15, 0.2) is 67.3 Å². The standard InChI is InChI=1S/C26H28N4S/c1-5-10-22(21-12-9-8-11-18(21)4)23-15-19(17-30-14-13-27-25(23)30)24-16-28-26(31-24)29-20(6-2)7-3/h5,8-17,20H,4,6-7H2,1-3H3,(H,28,29)/b10-5-,22-21+. The summed E-state index contributed by atoms with van der Waals surface area (Å²) in [6.07, 6.45) is 14.3. The molecule has 0 unspecified atom stereocenters. The molecular weight excluding hydrogens is 400 g/mol. The van der Waals surface area contributed by atoms with E-state index in [1.807, 2.05) is 37.6 Å². The number of hydrogen-bond donors (Lipinski definition) is 1. The molecule has 3 aromatic heterocycles. The highest BCUT2D eigenvalue weighted by molar-refractivity contribution is 7.18. The van der Waals surface area contributed by atoms with Crippen LogP contribution in [0.1, 0.15) is 39.2 Å². The predicted octanol–water partition coefficient (Wildman–Crippen LogP) is 5.24. The van der Waals surface area contributed by atoms with E-state index in [1.165, 1.54) is 0 Å². The third-order valence-electron chi connectivity index (χ3n) is 5.52. The van der Waals surface area contributed by atoms with Crippen LogP contribution in [0.3, 0.4) is 0 Å². The van der Waals surface area contributed by atoms with E-state index in [-0.39, 0.29) is 0 Å². The van der Waals surface area contributed by atoms with Crippen molar-refractivity contribution >= 4 is 34.3 Å². The maximum Gasteiger partial charge on any atom is 0.183 e. The monoisotopic (exact) mass is 428 g/mol. The first-order valence-electron chi connectivity index (χ1n) is 10.7. The van der Waals surface area contributed by atoms with Gasteiger partial charge in [0.25, 0.3) is 0 Å². The maximum atomic E-state index is 4.64. The molecule has 0 amide bonds. The lowest BCUT2D eigenvalue weighted by Crippen LogP contribution is -2.25. The number of fused-ring (bicyclic) bond motifs is 1. The summed E-state index contributed by atoms with van der Waals surface area (Å²) in [7, 11) is 0. The lowest BCUT2D eigenvalue weighted by Gasteiger charge is -2.13. The van der Waals surface area contributed by atoms with Gasteiger partial charge in [-0.15, -0.1) is 0 Å². The number of allylic oxidation sites excluding steroid dienone is 2. The molecule has 0 fully saturated rings. The van der Waals surface area contributed by atoms with Crippen molar-refractivity contribution in [1.82, 2.24) is 14.4 Å². The van der Waals surface area contributed by atoms with Crippen LogP contribution in [-0.4, -0.2) is 20.4 Å². The molecule has 1 N–H and O–H groups in total. The van der Waals surface area contributed by atoms with Crippen LogP contribution >= 0.6 is 11.3 Å². The van der Waals surface area contributed by atoms with E-state index in [1.54, 1.807) is 11.3 Å². The van der Waals surface area contributed by atoms with Gasteiger partial charge in [-0.1, -0.05) is 68.2 Å². The molecule has 5 heteroatoms. The van der Waals surface area contributed by atoms with E-state index in [9.17, 15) is 0 Å². The van der Waals surface area contributed by atoms with E-state index in [0.29, 0.717) is 6.04 Å². The van der Waals surface area contributed by atoms with Crippen LogP contribution in [0.25, 0.3) is 28.2 Å². The van der Waals surface area contributed by atoms with E-state index in [4.69, 9.17) is 0 Å². The zero-order chi connectivity index (χ0) is 21.8. The Balaban J connectivity index is 1.89. The number of benzene rings is 1. The quantitative estimate of drug-likeness (QED) is 0.437. The van der Waals surface area contributed by atoms with Crippen LogP contribution in [0, 0.1) is 0 Å². The topological polar surface area (TPSA) is 42.2 Å². The Morgan fingerprint density at radius 1 is 1.23 bits per heavy atom. The van der Waals surface area contributed by atoms with Gasteiger partial charge in [-0.05, 0) is 41.8 Å². The number of hydrogen-bond acceptors (Lipinski definition) is 4. The predicted molar refractivity (Wildman–Crippen MR) is 133 cm³/mol. The van der Waals surface area contributed by atoms with E-state index < -0.39 is 0 Å². The molecule has 1 aromatic carbocycles. The SMILES string of the molecule is C=c1cccc/c1=C(/C=C\C)c1cc(-c2cnc(NC(CC)CC)s2)cn2ccnc12. The maximum absolute atomic E-state index is 4.64. The van der Waals surface area contributed by atoms with Crippen molar-refractivity contribution in [2.24, 2.45) is 0 Å². The fourth-order valence-corrected chi connectivity index (χ4v) is 4.66. The highest BCUT2D eigenvalue weighted by Crippen LogP contribution is 2.32. The minimum absolute atomic E-state index is 0.453. The second-order valence-corrected chi connectivity index (χ2v) is 8.59. The number of pyridine rings is 1. The summed E-state index contributed by atoms with van der Waals surface area (Å²) in [5, 5.41) is 6.64. The smallest absolute Gasteiger partial charge is 0.183 e. The van der Waals surface area contributed by atoms with Gasteiger partial charge < -0.3 is 9.72 Å². The molecule has 158 valence electrons. The summed E-state index contributed by atoms with van der Waals surface area (Å²) in [4.78, 5) is 10.4. The number of nitrogens with one attached hydrogen (secondary N) is 1. The van der Waals surface area contributed by atoms with Crippen molar-refractivity contribution in [3.8, 4) is 10.4 Å². The molecule has 0 bridgehead atoms. The number of anilines is 1. The van der Waals surface area contributed by atoms with Gasteiger partial charge in [-0.25, -0.2) is 9.97 Å². The van der Waals surface area contributed by atoms with Crippen molar-refractivity contribution in [3.05, 3.63) is 83.3 Å². The molecule has 4 aromatic rings. The number of thiazole rings is 1. The summed E-state index contributed by atoms with van der Waals surface area (Å²) in [5.74, 6) is 0. The van der Waals surface area contributed by atoms with Gasteiger partial charge in [-0.2, -0.15) is 0 Å². The first kappa shape index (κ1) is 21.1. The molecule has 0 aliphatic carbocycles. The van der Waals surface area contributed by atoms with Crippen molar-refractivity contribution in [2.75, 3.05) is 5.32 Å². The van der Waals surface area contributed by atoms with Crippen molar-refractivity contribution in [1.29, 1.82) is 0 Å². The largest absolute Gasteiger partial charge is 0.359 e. The van der Waals surface area contributed by atoms with E-state index in [2.05, 4.69) is 76.7 Å². The molecule has 0 saturated carbocycles. The van der Waals surface area contributed by atoms with Gasteiger partial charge in [0.1, 0.15) is 5.65 Å². The second-order valence-electron chi connectivity index (χ2n) is 7.56. The number of aromatic nitrogens is 3. The van der Waals surface area contributed by atoms with Crippen molar-refractivity contribution in [3.63, 3.8) is 0 Å². The Bertz CT molecular complexity index is 1320. The average molecular weight is 429 g/mol. The normalized spacial score (nSPS) is 12.8. The molecule has 0 aliphatic heterocycles. The highest BCUT2D eigenvalue weighted by Gasteiger charge is 2.14. The van der Waals surface area contributed by atoms with Crippen LogP contribution in [0.4, 0.5) is 5.13 Å². The Morgan fingerprint density at radius 2 is 2.03 bits per heavy atom. The molecule has 0 aliphatic rings. The summed E-state index contributed by atoms with van der Waals surface area (Å²) in [5.41, 5.74) is 4.25. The van der Waals surface area contributed by atoms with Gasteiger partial charge >= 0.3 is 0 Å². The number of nitrogens with zero attached hydrogens (tertiary/aromatic N) is 3. The first-order valence-corrected chi connectivity index (χ1v) is 11.6. The zero-order valence-electron chi connectivity index (χ0n) is 18.3. The average Bonchev–Trinajstić information content (AvgIpc) is 3.45.